The van der Waals surface area contributed by atoms with Gasteiger partial charge in [0.25, 0.3) is 0 Å². The number of carbonyl (C=O) groups is 1. The number of fused-ring (bicyclic) bond motifs is 1. The fourth-order valence-electron chi connectivity index (χ4n) is 3.48. The second kappa shape index (κ2) is 7.95. The summed E-state index contributed by atoms with van der Waals surface area (Å²) in [6, 6.07) is 7.68. The molecule has 1 N–H and O–H groups in total. The van der Waals surface area contributed by atoms with Crippen LogP contribution in [-0.2, 0) is 4.79 Å². The number of halogens is 1. The molecule has 6 nitrogen and oxygen atoms in total. The first kappa shape index (κ1) is 20.2. The molecule has 4 rings (SSSR count). The van der Waals surface area contributed by atoms with Gasteiger partial charge in [0.2, 0.25) is 16.0 Å². The van der Waals surface area contributed by atoms with E-state index in [9.17, 15) is 4.79 Å². The highest BCUT2D eigenvalue weighted by atomic mass is 35.5. The third-order valence-corrected chi connectivity index (χ3v) is 6.43. The zero-order chi connectivity index (χ0) is 20.6. The molecular weight excluding hydrogens is 406 g/mol. The predicted molar refractivity (Wildman–Crippen MR) is 119 cm³/mol. The number of amides is 1. The van der Waals surface area contributed by atoms with Crippen LogP contribution in [0.15, 0.2) is 30.5 Å². The van der Waals surface area contributed by atoms with Crippen LogP contribution in [-0.4, -0.2) is 40.1 Å². The van der Waals surface area contributed by atoms with Crippen molar-refractivity contribution in [1.29, 1.82) is 0 Å². The Bertz CT molecular complexity index is 973. The van der Waals surface area contributed by atoms with Crippen LogP contribution in [0.4, 0.5) is 5.13 Å². The molecule has 1 saturated heterocycles. The van der Waals surface area contributed by atoms with E-state index in [1.807, 2.05) is 55.7 Å². The molecule has 29 heavy (non-hydrogen) atoms. The largest absolute Gasteiger partial charge is 0.355 e. The third kappa shape index (κ3) is 4.56. The summed E-state index contributed by atoms with van der Waals surface area (Å²) in [5.41, 5.74) is 1.58. The first-order valence-electron chi connectivity index (χ1n) is 9.95. The maximum Gasteiger partial charge on any atom is 0.225 e. The number of hydrogen-bond acceptors (Lipinski definition) is 5. The smallest absolute Gasteiger partial charge is 0.225 e. The van der Waals surface area contributed by atoms with Crippen LogP contribution in [0.3, 0.4) is 0 Å². The number of hydrogen-bond donors (Lipinski definition) is 1. The first-order valence-corrected chi connectivity index (χ1v) is 11.1. The van der Waals surface area contributed by atoms with Gasteiger partial charge in [-0.2, -0.15) is 0 Å². The van der Waals surface area contributed by atoms with Gasteiger partial charge >= 0.3 is 0 Å². The van der Waals surface area contributed by atoms with Gasteiger partial charge in [-0.1, -0.05) is 55.8 Å². The molecule has 0 bridgehead atoms. The normalized spacial score (nSPS) is 17.7. The maximum absolute atomic E-state index is 12.2. The minimum atomic E-state index is -0.350. The molecule has 1 unspecified atom stereocenters. The molecule has 0 radical (unpaired) electrons. The number of nitrogens with one attached hydrogen (secondary N) is 1. The van der Waals surface area contributed by atoms with Gasteiger partial charge in [0.15, 0.2) is 0 Å². The van der Waals surface area contributed by atoms with Gasteiger partial charge in [-0.3, -0.25) is 4.79 Å². The Morgan fingerprint density at radius 3 is 2.76 bits per heavy atom. The molecule has 1 aliphatic heterocycles. The molecule has 8 heteroatoms. The molecule has 2 aromatic heterocycles. The van der Waals surface area contributed by atoms with E-state index >= 15 is 0 Å². The lowest BCUT2D eigenvalue weighted by Gasteiger charge is -2.32. The van der Waals surface area contributed by atoms with Crippen molar-refractivity contribution in [1.82, 2.24) is 19.9 Å². The summed E-state index contributed by atoms with van der Waals surface area (Å²) < 4.78 is 1.86. The van der Waals surface area contributed by atoms with Crippen molar-refractivity contribution in [3.8, 4) is 11.3 Å². The highest BCUT2D eigenvalue weighted by Crippen LogP contribution is 2.30. The zero-order valence-electron chi connectivity index (χ0n) is 17.0. The standard InChI is InChI=1S/C21H26ClN5OS/c1-21(2,3)18(28)23-11-14-5-4-10-26(12-14)20-25-27-13-17(24-19(27)29-20)15-6-8-16(22)9-7-15/h6-9,13-14H,4-5,10-12H2,1-3H3,(H,23,28). The van der Waals surface area contributed by atoms with Gasteiger partial charge in [-0.25, -0.2) is 9.50 Å². The van der Waals surface area contributed by atoms with Crippen LogP contribution in [0.5, 0.6) is 0 Å². The number of imidazole rings is 1. The number of rotatable bonds is 4. The SMILES string of the molecule is CC(C)(C)C(=O)NCC1CCCN(c2nn3cc(-c4ccc(Cl)cc4)nc3s2)C1. The van der Waals surface area contributed by atoms with Crippen molar-refractivity contribution >= 4 is 38.9 Å². The van der Waals surface area contributed by atoms with Crippen LogP contribution < -0.4 is 10.2 Å². The third-order valence-electron chi connectivity index (χ3n) is 5.19. The molecule has 1 fully saturated rings. The van der Waals surface area contributed by atoms with Crippen LogP contribution in [0.25, 0.3) is 16.2 Å². The second-order valence-electron chi connectivity index (χ2n) is 8.66. The number of carbonyl (C=O) groups excluding carboxylic acids is 1. The van der Waals surface area contributed by atoms with Crippen molar-refractivity contribution in [3.63, 3.8) is 0 Å². The summed E-state index contributed by atoms with van der Waals surface area (Å²) in [5.74, 6) is 0.549. The van der Waals surface area contributed by atoms with Gasteiger partial charge in [0.1, 0.15) is 0 Å². The maximum atomic E-state index is 12.2. The molecule has 3 aromatic rings. The molecule has 0 spiro atoms. The fourth-order valence-corrected chi connectivity index (χ4v) is 4.53. The fraction of sp³-hybridized carbons (Fsp3) is 0.476. The Labute approximate surface area is 179 Å². The quantitative estimate of drug-likeness (QED) is 0.661. The molecule has 1 amide bonds. The first-order chi connectivity index (χ1) is 13.8. The number of anilines is 1. The minimum absolute atomic E-state index is 0.108. The van der Waals surface area contributed by atoms with E-state index < -0.39 is 0 Å². The second-order valence-corrected chi connectivity index (χ2v) is 10.0. The van der Waals surface area contributed by atoms with E-state index in [4.69, 9.17) is 21.7 Å². The van der Waals surface area contributed by atoms with Crippen molar-refractivity contribution in [2.45, 2.75) is 33.6 Å². The van der Waals surface area contributed by atoms with Crippen molar-refractivity contribution in [2.75, 3.05) is 24.5 Å². The minimum Gasteiger partial charge on any atom is -0.355 e. The van der Waals surface area contributed by atoms with Crippen LogP contribution in [0.2, 0.25) is 5.02 Å². The molecule has 1 aliphatic rings. The summed E-state index contributed by atoms with van der Waals surface area (Å²) >= 11 is 7.58. The number of nitrogens with zero attached hydrogens (tertiary/aromatic N) is 4. The molecule has 3 heterocycles. The Kier molecular flexibility index (Phi) is 5.53. The van der Waals surface area contributed by atoms with Crippen LogP contribution >= 0.6 is 22.9 Å². The van der Waals surface area contributed by atoms with E-state index in [2.05, 4.69) is 10.2 Å². The van der Waals surface area contributed by atoms with Gasteiger partial charge in [0.05, 0.1) is 11.9 Å². The van der Waals surface area contributed by atoms with Crippen LogP contribution in [0.1, 0.15) is 33.6 Å². The van der Waals surface area contributed by atoms with Gasteiger partial charge < -0.3 is 10.2 Å². The lowest BCUT2D eigenvalue weighted by Crippen LogP contribution is -2.43. The van der Waals surface area contributed by atoms with Gasteiger partial charge in [-0.05, 0) is 30.9 Å². The average Bonchev–Trinajstić information content (AvgIpc) is 3.25. The highest BCUT2D eigenvalue weighted by Gasteiger charge is 2.26. The number of piperidine rings is 1. The molecule has 154 valence electrons. The Morgan fingerprint density at radius 1 is 1.31 bits per heavy atom. The van der Waals surface area contributed by atoms with Gasteiger partial charge in [-0.15, -0.1) is 5.10 Å². The molecule has 0 aliphatic carbocycles. The lowest BCUT2D eigenvalue weighted by molar-refractivity contribution is -0.128. The number of benzene rings is 1. The Balaban J connectivity index is 1.43. The summed E-state index contributed by atoms with van der Waals surface area (Å²) in [5, 5.41) is 9.56. The van der Waals surface area contributed by atoms with E-state index in [1.54, 1.807) is 11.3 Å². The summed E-state index contributed by atoms with van der Waals surface area (Å²) in [7, 11) is 0. The number of aromatic nitrogens is 3. The lowest BCUT2D eigenvalue weighted by atomic mass is 9.94. The average molecular weight is 432 g/mol. The topological polar surface area (TPSA) is 62.5 Å². The van der Waals surface area contributed by atoms with E-state index in [1.165, 1.54) is 0 Å². The zero-order valence-corrected chi connectivity index (χ0v) is 18.6. The van der Waals surface area contributed by atoms with E-state index in [-0.39, 0.29) is 11.3 Å². The summed E-state index contributed by atoms with van der Waals surface area (Å²) in [4.78, 5) is 20.1. The van der Waals surface area contributed by atoms with E-state index in [0.717, 1.165) is 53.8 Å². The highest BCUT2D eigenvalue weighted by molar-refractivity contribution is 7.20. The van der Waals surface area contributed by atoms with Crippen molar-refractivity contribution in [2.24, 2.45) is 11.3 Å². The summed E-state index contributed by atoms with van der Waals surface area (Å²) in [6.45, 7) is 8.45. The summed E-state index contributed by atoms with van der Waals surface area (Å²) in [6.07, 6.45) is 4.20. The molecular formula is C21H26ClN5OS. The van der Waals surface area contributed by atoms with E-state index in [0.29, 0.717) is 10.9 Å². The molecule has 0 saturated carbocycles. The predicted octanol–water partition coefficient (Wildman–Crippen LogP) is 4.49. The molecule has 1 atom stereocenters. The molecule has 1 aromatic carbocycles. The van der Waals surface area contributed by atoms with Gasteiger partial charge in [0, 0.05) is 35.6 Å². The monoisotopic (exact) mass is 431 g/mol. The Morgan fingerprint density at radius 2 is 2.07 bits per heavy atom. The van der Waals surface area contributed by atoms with Crippen LogP contribution in [0, 0.1) is 11.3 Å². The van der Waals surface area contributed by atoms with Crippen molar-refractivity contribution < 1.29 is 4.79 Å². The Hall–Kier alpha value is -2.12. The van der Waals surface area contributed by atoms with Crippen molar-refractivity contribution in [3.05, 3.63) is 35.5 Å².